The second-order valence-corrected chi connectivity index (χ2v) is 3.69. The molecule has 1 aromatic rings. The second kappa shape index (κ2) is 5.17. The van der Waals surface area contributed by atoms with Gasteiger partial charge in [-0.05, 0) is 12.1 Å². The zero-order valence-electron chi connectivity index (χ0n) is 7.21. The molecule has 0 bridgehead atoms. The largest absolute Gasteiger partial charge is 0.507 e. The Morgan fingerprint density at radius 1 is 1.43 bits per heavy atom. The Bertz CT molecular complexity index is 375. The minimum absolute atomic E-state index is 0.0402. The number of phenolic OH excluding ortho intramolecular Hbond substituents is 1. The van der Waals surface area contributed by atoms with E-state index in [0.29, 0.717) is 22.2 Å². The van der Waals surface area contributed by atoms with Crippen LogP contribution in [0.4, 0.5) is 0 Å². The molecule has 0 saturated carbocycles. The first-order valence-corrected chi connectivity index (χ1v) is 5.39. The van der Waals surface area contributed by atoms with E-state index in [0.717, 1.165) is 0 Å². The Kier molecular flexibility index (Phi) is 4.17. The van der Waals surface area contributed by atoms with Gasteiger partial charge in [-0.25, -0.2) is 0 Å². The van der Waals surface area contributed by atoms with Gasteiger partial charge in [0.25, 0.3) is 0 Å². The molecule has 0 atom stereocenters. The number of carbonyl (C=O) groups is 1. The van der Waals surface area contributed by atoms with Gasteiger partial charge >= 0.3 is 0 Å². The van der Waals surface area contributed by atoms with Crippen molar-refractivity contribution in [3.8, 4) is 5.75 Å². The first-order chi connectivity index (χ1) is 6.69. The van der Waals surface area contributed by atoms with Gasteiger partial charge in [0.15, 0.2) is 6.29 Å². The number of phenols is 1. The molecule has 1 rings (SSSR count). The van der Waals surface area contributed by atoms with Crippen LogP contribution in [0.2, 0.25) is 5.02 Å². The second-order valence-electron chi connectivity index (χ2n) is 2.61. The predicted molar refractivity (Wildman–Crippen MR) is 61.3 cm³/mol. The highest BCUT2D eigenvalue weighted by Gasteiger charge is 2.05. The number of rotatable bonds is 3. The molecule has 1 aromatic carbocycles. The SMILES string of the molecule is O=Cc1cc(Cl)cc(C=CCBr)c1O. The van der Waals surface area contributed by atoms with Gasteiger partial charge in [-0.2, -0.15) is 0 Å². The predicted octanol–water partition coefficient (Wildman–Crippen LogP) is 3.27. The van der Waals surface area contributed by atoms with E-state index in [4.69, 9.17) is 11.6 Å². The molecule has 0 unspecified atom stereocenters. The monoisotopic (exact) mass is 274 g/mol. The van der Waals surface area contributed by atoms with Crippen LogP contribution in [0.5, 0.6) is 5.75 Å². The Labute approximate surface area is 95.3 Å². The van der Waals surface area contributed by atoms with Gasteiger partial charge in [-0.15, -0.1) is 0 Å². The molecule has 0 saturated heterocycles. The highest BCUT2D eigenvalue weighted by atomic mass is 79.9. The van der Waals surface area contributed by atoms with Crippen molar-refractivity contribution in [1.82, 2.24) is 0 Å². The fourth-order valence-corrected chi connectivity index (χ4v) is 1.45. The number of carbonyl (C=O) groups excluding carboxylic acids is 1. The van der Waals surface area contributed by atoms with Crippen LogP contribution in [0.1, 0.15) is 15.9 Å². The average molecular weight is 276 g/mol. The molecule has 2 nitrogen and oxygen atoms in total. The Morgan fingerprint density at radius 3 is 2.64 bits per heavy atom. The van der Waals surface area contributed by atoms with Crippen LogP contribution < -0.4 is 0 Å². The van der Waals surface area contributed by atoms with E-state index in [9.17, 15) is 9.90 Å². The molecule has 0 radical (unpaired) electrons. The minimum atomic E-state index is -0.0402. The first-order valence-electron chi connectivity index (χ1n) is 3.89. The molecule has 74 valence electrons. The lowest BCUT2D eigenvalue weighted by Gasteiger charge is -2.02. The van der Waals surface area contributed by atoms with E-state index in [1.165, 1.54) is 6.07 Å². The molecular weight excluding hydrogens is 267 g/mol. The van der Waals surface area contributed by atoms with E-state index < -0.39 is 0 Å². The van der Waals surface area contributed by atoms with Crippen LogP contribution in [0.15, 0.2) is 18.2 Å². The topological polar surface area (TPSA) is 37.3 Å². The van der Waals surface area contributed by atoms with E-state index in [-0.39, 0.29) is 11.3 Å². The third-order valence-corrected chi connectivity index (χ3v) is 2.24. The van der Waals surface area contributed by atoms with Gasteiger partial charge in [0.1, 0.15) is 5.75 Å². The molecule has 0 amide bonds. The van der Waals surface area contributed by atoms with E-state index in [1.807, 2.05) is 0 Å². The summed E-state index contributed by atoms with van der Waals surface area (Å²) < 4.78 is 0. The van der Waals surface area contributed by atoms with Gasteiger partial charge in [0.2, 0.25) is 0 Å². The molecule has 0 spiro atoms. The van der Waals surface area contributed by atoms with Crippen molar-refractivity contribution in [3.05, 3.63) is 34.4 Å². The molecule has 1 N–H and O–H groups in total. The fourth-order valence-electron chi connectivity index (χ4n) is 1.03. The number of allylic oxidation sites excluding steroid dienone is 1. The highest BCUT2D eigenvalue weighted by Crippen LogP contribution is 2.26. The Hall–Kier alpha value is -0.800. The number of hydrogen-bond donors (Lipinski definition) is 1. The number of aromatic hydroxyl groups is 1. The lowest BCUT2D eigenvalue weighted by atomic mass is 10.1. The van der Waals surface area contributed by atoms with Gasteiger partial charge in [0, 0.05) is 15.9 Å². The lowest BCUT2D eigenvalue weighted by Crippen LogP contribution is -1.85. The molecule has 0 aromatic heterocycles. The normalized spacial score (nSPS) is 10.7. The zero-order valence-corrected chi connectivity index (χ0v) is 9.55. The van der Waals surface area contributed by atoms with Crippen molar-refractivity contribution in [2.24, 2.45) is 0 Å². The van der Waals surface area contributed by atoms with Crippen LogP contribution >= 0.6 is 27.5 Å². The fraction of sp³-hybridized carbons (Fsp3) is 0.100. The van der Waals surface area contributed by atoms with Crippen molar-refractivity contribution in [3.63, 3.8) is 0 Å². The first kappa shape index (κ1) is 11.3. The summed E-state index contributed by atoms with van der Waals surface area (Å²) in [5.41, 5.74) is 0.741. The molecule has 0 aliphatic rings. The quantitative estimate of drug-likeness (QED) is 0.679. The Morgan fingerprint density at radius 2 is 2.07 bits per heavy atom. The van der Waals surface area contributed by atoms with Crippen LogP contribution in [0.25, 0.3) is 6.08 Å². The summed E-state index contributed by atoms with van der Waals surface area (Å²) in [6.45, 7) is 0. The average Bonchev–Trinajstić information content (AvgIpc) is 2.18. The molecule has 0 aliphatic heterocycles. The maximum absolute atomic E-state index is 10.6. The van der Waals surface area contributed by atoms with Crippen molar-refractivity contribution in [1.29, 1.82) is 0 Å². The minimum Gasteiger partial charge on any atom is -0.507 e. The number of benzene rings is 1. The number of aldehydes is 1. The van der Waals surface area contributed by atoms with Crippen molar-refractivity contribution < 1.29 is 9.90 Å². The summed E-state index contributed by atoms with van der Waals surface area (Å²) in [4.78, 5) is 10.6. The number of hydrogen-bond acceptors (Lipinski definition) is 2. The zero-order chi connectivity index (χ0) is 10.6. The third kappa shape index (κ3) is 2.59. The summed E-state index contributed by atoms with van der Waals surface area (Å²) in [7, 11) is 0. The van der Waals surface area contributed by atoms with E-state index >= 15 is 0 Å². The van der Waals surface area contributed by atoms with Gasteiger partial charge in [-0.1, -0.05) is 39.7 Å². The summed E-state index contributed by atoms with van der Waals surface area (Å²) in [6, 6.07) is 3.03. The Balaban J connectivity index is 3.21. The van der Waals surface area contributed by atoms with Gasteiger partial charge < -0.3 is 5.11 Å². The maximum atomic E-state index is 10.6. The highest BCUT2D eigenvalue weighted by molar-refractivity contribution is 9.09. The molecule has 0 heterocycles. The van der Waals surface area contributed by atoms with Crippen LogP contribution in [0.3, 0.4) is 0 Å². The van der Waals surface area contributed by atoms with Gasteiger partial charge in [-0.3, -0.25) is 4.79 Å². The third-order valence-electron chi connectivity index (χ3n) is 1.65. The smallest absolute Gasteiger partial charge is 0.153 e. The summed E-state index contributed by atoms with van der Waals surface area (Å²) in [5, 5.41) is 10.7. The molecular formula is C10H8BrClO2. The van der Waals surface area contributed by atoms with Crippen LogP contribution in [0, 0.1) is 0 Å². The molecule has 0 fully saturated rings. The van der Waals surface area contributed by atoms with E-state index in [2.05, 4.69) is 15.9 Å². The standard InChI is InChI=1S/C10H8BrClO2/c11-3-1-2-7-4-9(12)5-8(6-13)10(7)14/h1-2,4-6,14H,3H2. The molecule has 14 heavy (non-hydrogen) atoms. The van der Waals surface area contributed by atoms with Crippen molar-refractivity contribution in [2.75, 3.05) is 5.33 Å². The summed E-state index contributed by atoms with van der Waals surface area (Å²) in [6.07, 6.45) is 4.08. The number of halogens is 2. The molecule has 0 aliphatic carbocycles. The summed E-state index contributed by atoms with van der Waals surface area (Å²) >= 11 is 8.98. The molecule has 4 heteroatoms. The number of alkyl halides is 1. The lowest BCUT2D eigenvalue weighted by molar-refractivity contribution is 0.112. The van der Waals surface area contributed by atoms with Gasteiger partial charge in [0.05, 0.1) is 5.56 Å². The maximum Gasteiger partial charge on any atom is 0.153 e. The van der Waals surface area contributed by atoms with Crippen molar-refractivity contribution >= 4 is 39.9 Å². The van der Waals surface area contributed by atoms with Crippen LogP contribution in [-0.2, 0) is 0 Å². The van der Waals surface area contributed by atoms with Crippen LogP contribution in [-0.4, -0.2) is 16.7 Å². The summed E-state index contributed by atoms with van der Waals surface area (Å²) in [5.74, 6) is -0.0402. The van der Waals surface area contributed by atoms with E-state index in [1.54, 1.807) is 18.2 Å². The van der Waals surface area contributed by atoms with Crippen molar-refractivity contribution in [2.45, 2.75) is 0 Å².